The van der Waals surface area contributed by atoms with Gasteiger partial charge in [0.2, 0.25) is 0 Å². The third kappa shape index (κ3) is 3.93. The van der Waals surface area contributed by atoms with Crippen molar-refractivity contribution in [1.82, 2.24) is 0 Å². The van der Waals surface area contributed by atoms with Crippen LogP contribution in [0.25, 0.3) is 0 Å². The molecular weight excluding hydrogens is 436 g/mol. The number of rotatable bonds is 7. The van der Waals surface area contributed by atoms with Gasteiger partial charge in [0.05, 0.1) is 5.92 Å². The van der Waals surface area contributed by atoms with Crippen LogP contribution in [0.15, 0.2) is 22.8 Å². The monoisotopic (exact) mass is 484 g/mol. The highest BCUT2D eigenvalue weighted by atomic mass is 16.5. The van der Waals surface area contributed by atoms with E-state index in [9.17, 15) is 14.7 Å². The van der Waals surface area contributed by atoms with Crippen molar-refractivity contribution in [2.24, 2.45) is 39.4 Å². The van der Waals surface area contributed by atoms with Crippen LogP contribution < -0.4 is 0 Å². The van der Waals surface area contributed by atoms with Gasteiger partial charge in [0.1, 0.15) is 6.10 Å². The summed E-state index contributed by atoms with van der Waals surface area (Å²) in [6, 6.07) is 0. The van der Waals surface area contributed by atoms with E-state index in [-0.39, 0.29) is 39.6 Å². The van der Waals surface area contributed by atoms with Crippen LogP contribution in [0.2, 0.25) is 0 Å². The predicted octanol–water partition coefficient (Wildman–Crippen LogP) is 7.72. The van der Waals surface area contributed by atoms with Crippen molar-refractivity contribution in [3.05, 3.63) is 22.8 Å². The highest BCUT2D eigenvalue weighted by Crippen LogP contribution is 2.72. The lowest BCUT2D eigenvalue weighted by Crippen LogP contribution is -2.55. The highest BCUT2D eigenvalue weighted by molar-refractivity contribution is 5.70. The van der Waals surface area contributed by atoms with Gasteiger partial charge in [0.15, 0.2) is 0 Å². The van der Waals surface area contributed by atoms with Gasteiger partial charge in [-0.25, -0.2) is 0 Å². The molecule has 4 heteroatoms. The van der Waals surface area contributed by atoms with Gasteiger partial charge < -0.3 is 9.84 Å². The van der Waals surface area contributed by atoms with Crippen LogP contribution in [-0.4, -0.2) is 23.7 Å². The lowest BCUT2D eigenvalue weighted by molar-refractivity contribution is -0.155. The number of fused-ring (bicyclic) bond motifs is 4. The minimum Gasteiger partial charge on any atom is -0.481 e. The average molecular weight is 485 g/mol. The summed E-state index contributed by atoms with van der Waals surface area (Å²) in [5, 5.41) is 10.3. The zero-order valence-electron chi connectivity index (χ0n) is 23.2. The van der Waals surface area contributed by atoms with Crippen molar-refractivity contribution < 1.29 is 19.4 Å². The highest BCUT2D eigenvalue weighted by Gasteiger charge is 2.64. The van der Waals surface area contributed by atoms with Crippen molar-refractivity contribution >= 4 is 12.4 Å². The zero-order chi connectivity index (χ0) is 25.8. The molecule has 4 rings (SSSR count). The van der Waals surface area contributed by atoms with Crippen LogP contribution in [0.3, 0.4) is 0 Å². The maximum absolute atomic E-state index is 12.5. The average Bonchev–Trinajstić information content (AvgIpc) is 3.04. The topological polar surface area (TPSA) is 63.6 Å². The first kappa shape index (κ1) is 26.5. The van der Waals surface area contributed by atoms with Gasteiger partial charge in [-0.2, -0.15) is 0 Å². The molecule has 0 radical (unpaired) electrons. The second kappa shape index (κ2) is 9.06. The van der Waals surface area contributed by atoms with E-state index in [4.69, 9.17) is 4.74 Å². The van der Waals surface area contributed by atoms with Crippen molar-refractivity contribution in [1.29, 1.82) is 0 Å². The quantitative estimate of drug-likeness (QED) is 0.297. The molecule has 4 aliphatic carbocycles. The fourth-order valence-corrected chi connectivity index (χ4v) is 9.71. The molecule has 0 aromatic rings. The van der Waals surface area contributed by atoms with E-state index in [0.29, 0.717) is 12.4 Å². The Hall–Kier alpha value is -1.58. The molecule has 7 atom stereocenters. The Morgan fingerprint density at radius 1 is 1.03 bits per heavy atom. The lowest BCUT2D eigenvalue weighted by atomic mass is 9.43. The largest absolute Gasteiger partial charge is 0.481 e. The third-order valence-corrected chi connectivity index (χ3v) is 11.8. The standard InChI is InChI=1S/C31H48O4/c1-20(2)9-8-10-21(27(33)34)22-13-17-31(7)24-11-12-25-28(3,4)26(35-19-32)15-16-29(25,5)23(24)14-18-30(22,31)6/h9,19,21-22,25-26H,8,10-18H2,1-7H3,(H,33,34)/t21?,22-,25?,26-,29-,30-,31+/m1/s1. The maximum Gasteiger partial charge on any atom is 0.306 e. The minimum absolute atomic E-state index is 0.00217. The lowest BCUT2D eigenvalue weighted by Gasteiger charge is -2.62. The Morgan fingerprint density at radius 3 is 2.37 bits per heavy atom. The fraction of sp³-hybridized carbons (Fsp3) is 0.806. The summed E-state index contributed by atoms with van der Waals surface area (Å²) < 4.78 is 5.59. The first-order chi connectivity index (χ1) is 16.3. The Balaban J connectivity index is 1.67. The van der Waals surface area contributed by atoms with Crippen LogP contribution in [0, 0.1) is 39.4 Å². The van der Waals surface area contributed by atoms with Crippen molar-refractivity contribution in [2.45, 2.75) is 119 Å². The van der Waals surface area contributed by atoms with Crippen molar-refractivity contribution in [2.75, 3.05) is 0 Å². The van der Waals surface area contributed by atoms with Gasteiger partial charge in [0.25, 0.3) is 6.47 Å². The predicted molar refractivity (Wildman–Crippen MR) is 140 cm³/mol. The molecule has 1 N–H and O–H groups in total. The Bertz CT molecular complexity index is 924. The molecule has 0 aliphatic heterocycles. The van der Waals surface area contributed by atoms with Crippen LogP contribution in [0.4, 0.5) is 0 Å². The molecule has 4 aliphatic rings. The van der Waals surface area contributed by atoms with Crippen LogP contribution in [-0.2, 0) is 14.3 Å². The smallest absolute Gasteiger partial charge is 0.306 e. The summed E-state index contributed by atoms with van der Waals surface area (Å²) in [4.78, 5) is 23.7. The molecule has 0 aromatic heterocycles. The number of carboxylic acids is 1. The summed E-state index contributed by atoms with van der Waals surface area (Å²) in [7, 11) is 0. The number of carbonyl (C=O) groups excluding carboxylic acids is 1. The second-order valence-electron chi connectivity index (χ2n) is 13.7. The molecule has 196 valence electrons. The number of carbonyl (C=O) groups is 2. The summed E-state index contributed by atoms with van der Waals surface area (Å²) >= 11 is 0. The third-order valence-electron chi connectivity index (χ3n) is 11.8. The number of hydrogen-bond acceptors (Lipinski definition) is 3. The molecule has 2 saturated carbocycles. The fourth-order valence-electron chi connectivity index (χ4n) is 9.71. The first-order valence-corrected chi connectivity index (χ1v) is 14.0. The number of allylic oxidation sites excluding steroid dienone is 4. The van der Waals surface area contributed by atoms with Crippen LogP contribution in [0.5, 0.6) is 0 Å². The van der Waals surface area contributed by atoms with Gasteiger partial charge in [-0.05, 0) is 106 Å². The molecule has 2 fully saturated rings. The summed E-state index contributed by atoms with van der Waals surface area (Å²) in [6.07, 6.45) is 12.4. The molecule has 0 amide bonds. The van der Waals surface area contributed by atoms with E-state index in [1.165, 1.54) is 5.57 Å². The number of hydrogen-bond donors (Lipinski definition) is 1. The number of aliphatic carboxylic acids is 1. The molecule has 2 unspecified atom stereocenters. The van der Waals surface area contributed by atoms with E-state index in [1.807, 2.05) is 0 Å². The van der Waals surface area contributed by atoms with E-state index in [2.05, 4.69) is 54.5 Å². The van der Waals surface area contributed by atoms with Gasteiger partial charge in [0, 0.05) is 5.41 Å². The number of carboxylic acid groups (broad SMARTS) is 1. The first-order valence-electron chi connectivity index (χ1n) is 14.0. The van der Waals surface area contributed by atoms with E-state index in [1.54, 1.807) is 11.1 Å². The van der Waals surface area contributed by atoms with E-state index >= 15 is 0 Å². The SMILES string of the molecule is CC(C)=CCCC(C(=O)O)[C@H]1CC[C@@]2(C)C3=C(CC[C@]12C)[C@@]1(C)CC[C@@H](OC=O)C(C)(C)C1CC3. The van der Waals surface area contributed by atoms with Gasteiger partial charge >= 0.3 is 5.97 Å². The van der Waals surface area contributed by atoms with Gasteiger partial charge in [-0.3, -0.25) is 9.59 Å². The molecule has 0 aromatic carbocycles. The summed E-state index contributed by atoms with van der Waals surface area (Å²) in [5.41, 5.74) is 4.86. The second-order valence-corrected chi connectivity index (χ2v) is 13.7. The Kier molecular flexibility index (Phi) is 6.86. The van der Waals surface area contributed by atoms with Crippen LogP contribution >= 0.6 is 0 Å². The zero-order valence-corrected chi connectivity index (χ0v) is 23.2. The normalized spacial score (nSPS) is 40.7. The molecule has 35 heavy (non-hydrogen) atoms. The van der Waals surface area contributed by atoms with E-state index in [0.717, 1.165) is 64.2 Å². The van der Waals surface area contributed by atoms with Crippen molar-refractivity contribution in [3.8, 4) is 0 Å². The van der Waals surface area contributed by atoms with Gasteiger partial charge in [-0.1, -0.05) is 57.4 Å². The molecular formula is C31H48O4. The molecule has 0 bridgehead atoms. The molecule has 0 heterocycles. The molecule has 4 nitrogen and oxygen atoms in total. The summed E-state index contributed by atoms with van der Waals surface area (Å²) in [5.74, 6) is -0.119. The van der Waals surface area contributed by atoms with Crippen LogP contribution in [0.1, 0.15) is 113 Å². The summed E-state index contributed by atoms with van der Waals surface area (Å²) in [6.45, 7) is 16.8. The van der Waals surface area contributed by atoms with Gasteiger partial charge in [-0.15, -0.1) is 0 Å². The van der Waals surface area contributed by atoms with E-state index < -0.39 is 5.97 Å². The Labute approximate surface area is 213 Å². The minimum atomic E-state index is -0.603. The molecule has 0 spiro atoms. The molecule has 0 saturated heterocycles. The Morgan fingerprint density at radius 2 is 1.74 bits per heavy atom. The van der Waals surface area contributed by atoms with Crippen molar-refractivity contribution in [3.63, 3.8) is 0 Å². The maximum atomic E-state index is 12.5. The number of ether oxygens (including phenoxy) is 1.